The predicted molar refractivity (Wildman–Crippen MR) is 88.8 cm³/mol. The van der Waals surface area contributed by atoms with Crippen LogP contribution in [0.1, 0.15) is 38.5 Å². The Balaban J connectivity index is 1.66. The molecule has 2 unspecified atom stereocenters. The number of carbonyl (C=O) groups excluding carboxylic acids is 2. The van der Waals surface area contributed by atoms with E-state index >= 15 is 0 Å². The number of nitriles is 1. The summed E-state index contributed by atoms with van der Waals surface area (Å²) in [6, 6.07) is 1.76. The summed E-state index contributed by atoms with van der Waals surface area (Å²) in [5, 5.41) is 9.19. The zero-order valence-electron chi connectivity index (χ0n) is 14.5. The third-order valence-electron chi connectivity index (χ3n) is 5.85. The van der Waals surface area contributed by atoms with E-state index in [1.165, 1.54) is 0 Å². The van der Waals surface area contributed by atoms with Crippen LogP contribution in [0.4, 0.5) is 4.79 Å². The van der Waals surface area contributed by atoms with Crippen LogP contribution in [-0.2, 0) is 4.79 Å². The van der Waals surface area contributed by atoms with Gasteiger partial charge in [-0.3, -0.25) is 4.79 Å². The number of carbonyl (C=O) groups is 2. The van der Waals surface area contributed by atoms with Crippen molar-refractivity contribution in [3.8, 4) is 6.07 Å². The second-order valence-corrected chi connectivity index (χ2v) is 7.55. The number of likely N-dealkylation sites (tertiary alicyclic amines) is 1. The fraction of sp³-hybridized carbons (Fsp3) is 0.824. The maximum Gasteiger partial charge on any atom is 0.319 e. The molecule has 3 fully saturated rings. The largest absolute Gasteiger partial charge is 0.331 e. The molecule has 2 N–H and O–H groups in total. The highest BCUT2D eigenvalue weighted by molar-refractivity contribution is 5.83. The fourth-order valence-electron chi connectivity index (χ4n) is 4.61. The summed E-state index contributed by atoms with van der Waals surface area (Å²) >= 11 is 0. The zero-order valence-corrected chi connectivity index (χ0v) is 14.5. The van der Waals surface area contributed by atoms with Gasteiger partial charge in [-0.15, -0.1) is 0 Å². The van der Waals surface area contributed by atoms with Crippen LogP contribution in [0.15, 0.2) is 0 Å². The van der Waals surface area contributed by atoms with Crippen molar-refractivity contribution in [2.24, 2.45) is 11.7 Å². The van der Waals surface area contributed by atoms with E-state index in [1.807, 2.05) is 4.90 Å². The molecule has 0 aromatic carbocycles. The normalized spacial score (nSPS) is 33.2. The second-order valence-electron chi connectivity index (χ2n) is 7.55. The van der Waals surface area contributed by atoms with Crippen molar-refractivity contribution in [1.82, 2.24) is 14.7 Å². The molecule has 2 bridgehead atoms. The number of hydrogen-bond donors (Lipinski definition) is 1. The van der Waals surface area contributed by atoms with Crippen LogP contribution >= 0.6 is 0 Å². The summed E-state index contributed by atoms with van der Waals surface area (Å²) in [6.07, 6.45) is 5.17. The molecule has 3 aliphatic rings. The Morgan fingerprint density at radius 3 is 2.38 bits per heavy atom. The van der Waals surface area contributed by atoms with Crippen molar-refractivity contribution < 1.29 is 9.59 Å². The lowest BCUT2D eigenvalue weighted by Gasteiger charge is -2.42. The van der Waals surface area contributed by atoms with Gasteiger partial charge in [0.1, 0.15) is 6.04 Å². The van der Waals surface area contributed by atoms with Crippen LogP contribution < -0.4 is 5.73 Å². The van der Waals surface area contributed by atoms with Crippen LogP contribution in [0, 0.1) is 17.2 Å². The van der Waals surface area contributed by atoms with Gasteiger partial charge in [0, 0.05) is 32.7 Å². The SMILES string of the molecule is CN(C)C(=O)N1C2CCC1CC([C@H](N)C(=O)N1CCC[C@H]1C#N)C2. The minimum Gasteiger partial charge on any atom is -0.331 e. The first-order valence-corrected chi connectivity index (χ1v) is 8.89. The van der Waals surface area contributed by atoms with Crippen molar-refractivity contribution in [3.63, 3.8) is 0 Å². The molecule has 3 saturated heterocycles. The van der Waals surface area contributed by atoms with Crippen molar-refractivity contribution in [1.29, 1.82) is 5.26 Å². The molecule has 7 heteroatoms. The van der Waals surface area contributed by atoms with Gasteiger partial charge in [0.25, 0.3) is 0 Å². The first-order chi connectivity index (χ1) is 11.4. The number of piperidine rings is 1. The van der Waals surface area contributed by atoms with Gasteiger partial charge < -0.3 is 20.4 Å². The molecular formula is C17H27N5O2. The molecule has 132 valence electrons. The Bertz CT molecular complexity index is 544. The third kappa shape index (κ3) is 2.84. The third-order valence-corrected chi connectivity index (χ3v) is 5.85. The molecule has 3 aliphatic heterocycles. The van der Waals surface area contributed by atoms with Crippen molar-refractivity contribution >= 4 is 11.9 Å². The first-order valence-electron chi connectivity index (χ1n) is 8.89. The van der Waals surface area contributed by atoms with Crippen LogP contribution in [0.5, 0.6) is 0 Å². The minimum absolute atomic E-state index is 0.0601. The Hall–Kier alpha value is -1.81. The molecule has 7 nitrogen and oxygen atoms in total. The molecule has 0 aliphatic carbocycles. The number of nitrogens with two attached hydrogens (primary N) is 1. The summed E-state index contributed by atoms with van der Waals surface area (Å²) in [4.78, 5) is 30.4. The lowest BCUT2D eigenvalue weighted by atomic mass is 9.84. The Labute approximate surface area is 143 Å². The molecule has 3 heterocycles. The van der Waals surface area contributed by atoms with E-state index in [4.69, 9.17) is 5.73 Å². The van der Waals surface area contributed by atoms with Crippen LogP contribution in [-0.4, -0.2) is 71.4 Å². The molecule has 3 amide bonds. The maximum atomic E-state index is 12.7. The van der Waals surface area contributed by atoms with Gasteiger partial charge in [-0.05, 0) is 44.4 Å². The Morgan fingerprint density at radius 1 is 1.21 bits per heavy atom. The van der Waals surface area contributed by atoms with E-state index in [9.17, 15) is 14.9 Å². The van der Waals surface area contributed by atoms with Crippen LogP contribution in [0.3, 0.4) is 0 Å². The number of nitrogens with zero attached hydrogens (tertiary/aromatic N) is 4. The van der Waals surface area contributed by atoms with Crippen LogP contribution in [0.25, 0.3) is 0 Å². The van der Waals surface area contributed by atoms with Crippen molar-refractivity contribution in [2.45, 2.75) is 62.7 Å². The van der Waals surface area contributed by atoms with Gasteiger partial charge in [0.15, 0.2) is 0 Å². The molecule has 4 atom stereocenters. The fourth-order valence-corrected chi connectivity index (χ4v) is 4.61. The standard InChI is InChI=1S/C17H27N5O2/c1-20(2)17(24)22-12-5-6-13(22)9-11(8-12)15(19)16(23)21-7-3-4-14(21)10-18/h11-15H,3-9,19H2,1-2H3/t11?,12?,13?,14-,15-/m0/s1. The number of hydrogen-bond acceptors (Lipinski definition) is 4. The highest BCUT2D eigenvalue weighted by Gasteiger charge is 2.47. The number of fused-ring (bicyclic) bond motifs is 2. The smallest absolute Gasteiger partial charge is 0.319 e. The number of urea groups is 1. The lowest BCUT2D eigenvalue weighted by molar-refractivity contribution is -0.134. The van der Waals surface area contributed by atoms with Crippen molar-refractivity contribution in [2.75, 3.05) is 20.6 Å². The zero-order chi connectivity index (χ0) is 17.4. The summed E-state index contributed by atoms with van der Waals surface area (Å²) in [5.41, 5.74) is 6.31. The summed E-state index contributed by atoms with van der Waals surface area (Å²) in [5.74, 6) is 0.0111. The van der Waals surface area contributed by atoms with E-state index in [2.05, 4.69) is 6.07 Å². The summed E-state index contributed by atoms with van der Waals surface area (Å²) in [7, 11) is 3.55. The molecular weight excluding hydrogens is 306 g/mol. The van der Waals surface area contributed by atoms with Gasteiger partial charge in [-0.1, -0.05) is 0 Å². The van der Waals surface area contributed by atoms with Gasteiger partial charge >= 0.3 is 6.03 Å². The predicted octanol–water partition coefficient (Wildman–Crippen LogP) is 0.753. The van der Waals surface area contributed by atoms with Gasteiger partial charge in [-0.25, -0.2) is 4.79 Å². The highest BCUT2D eigenvalue weighted by Crippen LogP contribution is 2.40. The second kappa shape index (κ2) is 6.60. The topological polar surface area (TPSA) is 93.7 Å². The van der Waals surface area contributed by atoms with Gasteiger partial charge in [-0.2, -0.15) is 5.26 Å². The van der Waals surface area contributed by atoms with E-state index in [1.54, 1.807) is 23.9 Å². The van der Waals surface area contributed by atoms with E-state index in [0.717, 1.165) is 38.5 Å². The molecule has 3 rings (SSSR count). The quantitative estimate of drug-likeness (QED) is 0.807. The van der Waals surface area contributed by atoms with E-state index < -0.39 is 6.04 Å². The van der Waals surface area contributed by atoms with E-state index in [-0.39, 0.29) is 36.0 Å². The number of amides is 3. The van der Waals surface area contributed by atoms with E-state index in [0.29, 0.717) is 6.54 Å². The minimum atomic E-state index is -0.557. The Morgan fingerprint density at radius 2 is 1.83 bits per heavy atom. The summed E-state index contributed by atoms with van der Waals surface area (Å²) in [6.45, 7) is 0.635. The average Bonchev–Trinajstić information content (AvgIpc) is 3.14. The van der Waals surface area contributed by atoms with Gasteiger partial charge in [0.2, 0.25) is 5.91 Å². The van der Waals surface area contributed by atoms with Crippen LogP contribution in [0.2, 0.25) is 0 Å². The Kier molecular flexibility index (Phi) is 4.68. The first kappa shape index (κ1) is 17.0. The van der Waals surface area contributed by atoms with Gasteiger partial charge in [0.05, 0.1) is 12.1 Å². The number of rotatable bonds is 2. The molecule has 24 heavy (non-hydrogen) atoms. The van der Waals surface area contributed by atoms with Crippen molar-refractivity contribution in [3.05, 3.63) is 0 Å². The molecule has 0 aromatic rings. The lowest BCUT2D eigenvalue weighted by Crippen LogP contribution is -2.56. The summed E-state index contributed by atoms with van der Waals surface area (Å²) < 4.78 is 0. The molecule has 0 saturated carbocycles. The molecule has 0 radical (unpaired) electrons. The average molecular weight is 333 g/mol. The molecule has 0 aromatic heterocycles. The highest BCUT2D eigenvalue weighted by atomic mass is 16.2. The monoisotopic (exact) mass is 333 g/mol. The maximum absolute atomic E-state index is 12.7. The molecule has 0 spiro atoms.